The molecule has 21 heavy (non-hydrogen) atoms. The topological polar surface area (TPSA) is 61.4 Å². The highest BCUT2D eigenvalue weighted by Gasteiger charge is 2.22. The fourth-order valence-corrected chi connectivity index (χ4v) is 3.35. The van der Waals surface area contributed by atoms with Crippen LogP contribution in [0.5, 0.6) is 0 Å². The molecular weight excluding hydrogens is 266 g/mol. The van der Waals surface area contributed by atoms with E-state index in [9.17, 15) is 9.59 Å². The van der Waals surface area contributed by atoms with Gasteiger partial charge in [0.05, 0.1) is 0 Å². The van der Waals surface area contributed by atoms with Crippen molar-refractivity contribution in [3.8, 4) is 0 Å². The lowest BCUT2D eigenvalue weighted by Gasteiger charge is -2.31. The molecule has 1 atom stereocenters. The van der Waals surface area contributed by atoms with Gasteiger partial charge in [0.15, 0.2) is 0 Å². The predicted octanol–water partition coefficient (Wildman–Crippen LogP) is 2.12. The first-order valence-corrected chi connectivity index (χ1v) is 8.47. The van der Waals surface area contributed by atoms with E-state index in [1.165, 1.54) is 25.7 Å². The highest BCUT2D eigenvalue weighted by atomic mass is 16.2. The minimum absolute atomic E-state index is 0.00784. The summed E-state index contributed by atoms with van der Waals surface area (Å²) in [7, 11) is 0. The molecule has 2 fully saturated rings. The van der Waals surface area contributed by atoms with E-state index in [-0.39, 0.29) is 17.9 Å². The largest absolute Gasteiger partial charge is 0.354 e. The van der Waals surface area contributed by atoms with Crippen molar-refractivity contribution in [1.82, 2.24) is 15.5 Å². The molecule has 0 bridgehead atoms. The molecule has 5 nitrogen and oxygen atoms in total. The summed E-state index contributed by atoms with van der Waals surface area (Å²) in [6.45, 7) is 4.93. The van der Waals surface area contributed by atoms with E-state index in [0.717, 1.165) is 32.4 Å². The Kier molecular flexibility index (Phi) is 6.33. The number of hydrogen-bond acceptors (Lipinski definition) is 2. The second-order valence-corrected chi connectivity index (χ2v) is 6.55. The Hall–Kier alpha value is -1.26. The number of amides is 3. The monoisotopic (exact) mass is 295 g/mol. The molecule has 3 amide bonds. The zero-order chi connectivity index (χ0) is 15.1. The van der Waals surface area contributed by atoms with Crippen LogP contribution in [0.4, 0.5) is 4.79 Å². The first-order chi connectivity index (χ1) is 10.2. The maximum absolute atomic E-state index is 12.0. The van der Waals surface area contributed by atoms with Gasteiger partial charge in [-0.25, -0.2) is 4.79 Å². The Balaban J connectivity index is 1.58. The van der Waals surface area contributed by atoms with Gasteiger partial charge in [0.2, 0.25) is 5.91 Å². The standard InChI is InChI=1S/C16H29N3O2/c1-13-6-5-11-19(12-13)16(21)18-10-9-17-15(20)14-7-3-2-4-8-14/h13-14H,2-12H2,1H3,(H,17,20)(H,18,21). The van der Waals surface area contributed by atoms with Gasteiger partial charge in [-0.1, -0.05) is 26.2 Å². The van der Waals surface area contributed by atoms with Gasteiger partial charge >= 0.3 is 6.03 Å². The van der Waals surface area contributed by atoms with Crippen LogP contribution in [-0.2, 0) is 4.79 Å². The van der Waals surface area contributed by atoms with Crippen LogP contribution in [0.2, 0.25) is 0 Å². The van der Waals surface area contributed by atoms with Gasteiger partial charge in [-0.05, 0) is 31.6 Å². The van der Waals surface area contributed by atoms with Gasteiger partial charge in [0.1, 0.15) is 0 Å². The molecule has 1 saturated heterocycles. The van der Waals surface area contributed by atoms with Crippen molar-refractivity contribution in [1.29, 1.82) is 0 Å². The fraction of sp³-hybridized carbons (Fsp3) is 0.875. The molecule has 1 heterocycles. The van der Waals surface area contributed by atoms with Crippen LogP contribution in [0, 0.1) is 11.8 Å². The van der Waals surface area contributed by atoms with Crippen LogP contribution in [0.15, 0.2) is 0 Å². The molecule has 0 aromatic rings. The van der Waals surface area contributed by atoms with Crippen molar-refractivity contribution in [3.05, 3.63) is 0 Å². The van der Waals surface area contributed by atoms with Crippen molar-refractivity contribution in [2.75, 3.05) is 26.2 Å². The fourth-order valence-electron chi connectivity index (χ4n) is 3.35. The number of rotatable bonds is 4. The molecule has 1 aliphatic carbocycles. The number of likely N-dealkylation sites (tertiary alicyclic amines) is 1. The highest BCUT2D eigenvalue weighted by molar-refractivity contribution is 5.78. The number of nitrogens with zero attached hydrogens (tertiary/aromatic N) is 1. The number of nitrogens with one attached hydrogen (secondary N) is 2. The number of carbonyl (C=O) groups excluding carboxylic acids is 2. The average molecular weight is 295 g/mol. The molecule has 120 valence electrons. The van der Waals surface area contributed by atoms with E-state index >= 15 is 0 Å². The van der Waals surface area contributed by atoms with Gasteiger partial charge in [-0.15, -0.1) is 0 Å². The molecular formula is C16H29N3O2. The molecule has 5 heteroatoms. The Bertz CT molecular complexity index is 353. The molecule has 2 N–H and O–H groups in total. The predicted molar refractivity (Wildman–Crippen MR) is 83.0 cm³/mol. The van der Waals surface area contributed by atoms with Crippen LogP contribution in [-0.4, -0.2) is 43.0 Å². The summed E-state index contributed by atoms with van der Waals surface area (Å²) in [6.07, 6.45) is 7.93. The van der Waals surface area contributed by atoms with E-state index in [2.05, 4.69) is 17.6 Å². The van der Waals surface area contributed by atoms with Crippen LogP contribution < -0.4 is 10.6 Å². The van der Waals surface area contributed by atoms with Crippen molar-refractivity contribution in [2.45, 2.75) is 51.9 Å². The van der Waals surface area contributed by atoms with Gasteiger partial charge in [0, 0.05) is 32.1 Å². The summed E-state index contributed by atoms with van der Waals surface area (Å²) in [5.41, 5.74) is 0. The summed E-state index contributed by atoms with van der Waals surface area (Å²) >= 11 is 0. The average Bonchev–Trinajstić information content (AvgIpc) is 2.52. The summed E-state index contributed by atoms with van der Waals surface area (Å²) < 4.78 is 0. The summed E-state index contributed by atoms with van der Waals surface area (Å²) in [4.78, 5) is 25.8. The van der Waals surface area contributed by atoms with E-state index < -0.39 is 0 Å². The van der Waals surface area contributed by atoms with Crippen molar-refractivity contribution >= 4 is 11.9 Å². The van der Waals surface area contributed by atoms with Gasteiger partial charge in [-0.2, -0.15) is 0 Å². The molecule has 1 saturated carbocycles. The third-order valence-electron chi connectivity index (χ3n) is 4.62. The zero-order valence-electron chi connectivity index (χ0n) is 13.2. The van der Waals surface area contributed by atoms with E-state index in [1.54, 1.807) is 0 Å². The quantitative estimate of drug-likeness (QED) is 0.780. The molecule has 0 aromatic heterocycles. The van der Waals surface area contributed by atoms with Crippen molar-refractivity contribution in [3.63, 3.8) is 0 Å². The number of carbonyl (C=O) groups is 2. The Morgan fingerprint density at radius 2 is 1.71 bits per heavy atom. The number of piperidine rings is 1. The molecule has 2 aliphatic rings. The molecule has 2 rings (SSSR count). The second-order valence-electron chi connectivity index (χ2n) is 6.55. The molecule has 0 radical (unpaired) electrons. The SMILES string of the molecule is CC1CCCN(C(=O)NCCNC(=O)C2CCCCC2)C1. The van der Waals surface area contributed by atoms with Crippen LogP contribution in [0.3, 0.4) is 0 Å². The molecule has 1 aliphatic heterocycles. The van der Waals surface area contributed by atoms with E-state index in [0.29, 0.717) is 19.0 Å². The van der Waals surface area contributed by atoms with Crippen molar-refractivity contribution < 1.29 is 9.59 Å². The maximum Gasteiger partial charge on any atom is 0.317 e. The smallest absolute Gasteiger partial charge is 0.317 e. The first-order valence-electron chi connectivity index (χ1n) is 8.47. The van der Waals surface area contributed by atoms with Gasteiger partial charge in [-0.3, -0.25) is 4.79 Å². The van der Waals surface area contributed by atoms with Gasteiger partial charge in [0.25, 0.3) is 0 Å². The Morgan fingerprint density at radius 1 is 1.00 bits per heavy atom. The number of hydrogen-bond donors (Lipinski definition) is 2. The third-order valence-corrected chi connectivity index (χ3v) is 4.62. The normalized spacial score (nSPS) is 23.7. The third kappa shape index (κ3) is 5.21. The lowest BCUT2D eigenvalue weighted by Crippen LogP contribution is -2.47. The minimum atomic E-state index is 0.00784. The van der Waals surface area contributed by atoms with Crippen LogP contribution >= 0.6 is 0 Å². The molecule has 0 aromatic carbocycles. The summed E-state index contributed by atoms with van der Waals surface area (Å²) in [5.74, 6) is 0.948. The van der Waals surface area contributed by atoms with Crippen LogP contribution in [0.1, 0.15) is 51.9 Å². The zero-order valence-corrected chi connectivity index (χ0v) is 13.2. The van der Waals surface area contributed by atoms with Crippen LogP contribution in [0.25, 0.3) is 0 Å². The molecule has 1 unspecified atom stereocenters. The minimum Gasteiger partial charge on any atom is -0.354 e. The summed E-state index contributed by atoms with van der Waals surface area (Å²) in [6, 6.07) is 0.00784. The number of urea groups is 1. The summed E-state index contributed by atoms with van der Waals surface area (Å²) in [5, 5.41) is 5.85. The van der Waals surface area contributed by atoms with Crippen molar-refractivity contribution in [2.24, 2.45) is 11.8 Å². The van der Waals surface area contributed by atoms with E-state index in [4.69, 9.17) is 0 Å². The second kappa shape index (κ2) is 8.25. The lowest BCUT2D eigenvalue weighted by molar-refractivity contribution is -0.125. The highest BCUT2D eigenvalue weighted by Crippen LogP contribution is 2.23. The van der Waals surface area contributed by atoms with Gasteiger partial charge < -0.3 is 15.5 Å². The van der Waals surface area contributed by atoms with E-state index in [1.807, 2.05) is 4.90 Å². The Labute approximate surface area is 127 Å². The lowest BCUT2D eigenvalue weighted by atomic mass is 9.89. The first kappa shape index (κ1) is 16.1. The maximum atomic E-state index is 12.0. The molecule has 0 spiro atoms. The Morgan fingerprint density at radius 3 is 2.43 bits per heavy atom.